The van der Waals surface area contributed by atoms with E-state index in [1.807, 2.05) is 0 Å². The van der Waals surface area contributed by atoms with Gasteiger partial charge >= 0.3 is 0 Å². The fourth-order valence-electron chi connectivity index (χ4n) is 2.80. The first-order valence-electron chi connectivity index (χ1n) is 8.92. The van der Waals surface area contributed by atoms with Gasteiger partial charge in [-0.15, -0.1) is 0 Å². The molecular formula is C20H36N+. The summed E-state index contributed by atoms with van der Waals surface area (Å²) in [6.07, 6.45) is 14.0. The van der Waals surface area contributed by atoms with E-state index in [2.05, 4.69) is 51.5 Å². The standard InChI is InChI=1S/C20H36N/c1-21(2,3)19-15-10-8-6-4-5-7-9-12-16-20-17-13-11-14-18-20/h11,13-14,17-18H,4-10,12,15-16,19H2,1-3H3/q+1. The van der Waals surface area contributed by atoms with Crippen LogP contribution in [0.25, 0.3) is 0 Å². The Kier molecular flexibility index (Phi) is 9.41. The van der Waals surface area contributed by atoms with E-state index in [0.717, 1.165) is 4.48 Å². The first kappa shape index (κ1) is 18.2. The summed E-state index contributed by atoms with van der Waals surface area (Å²) in [5.74, 6) is 0. The summed E-state index contributed by atoms with van der Waals surface area (Å²) in [6.45, 7) is 1.32. The molecule has 1 heteroatoms. The zero-order chi connectivity index (χ0) is 15.4. The molecule has 1 nitrogen and oxygen atoms in total. The summed E-state index contributed by atoms with van der Waals surface area (Å²) in [4.78, 5) is 0. The first-order chi connectivity index (χ1) is 10.1. The molecule has 0 saturated carbocycles. The van der Waals surface area contributed by atoms with Crippen molar-refractivity contribution in [3.05, 3.63) is 35.9 Å². The van der Waals surface area contributed by atoms with Gasteiger partial charge in [-0.1, -0.05) is 68.9 Å². The highest BCUT2D eigenvalue weighted by atomic mass is 15.3. The monoisotopic (exact) mass is 290 g/mol. The molecule has 1 aromatic carbocycles. The number of quaternary nitrogens is 1. The Balaban J connectivity index is 1.81. The van der Waals surface area contributed by atoms with Gasteiger partial charge in [-0.3, -0.25) is 0 Å². The van der Waals surface area contributed by atoms with Crippen LogP contribution < -0.4 is 0 Å². The lowest BCUT2D eigenvalue weighted by Gasteiger charge is -2.23. The molecule has 0 aromatic heterocycles. The van der Waals surface area contributed by atoms with Gasteiger partial charge < -0.3 is 4.48 Å². The number of hydrogen-bond donors (Lipinski definition) is 0. The van der Waals surface area contributed by atoms with E-state index in [1.165, 1.54) is 76.3 Å². The van der Waals surface area contributed by atoms with E-state index in [1.54, 1.807) is 0 Å². The van der Waals surface area contributed by atoms with Crippen molar-refractivity contribution in [2.24, 2.45) is 0 Å². The van der Waals surface area contributed by atoms with Crippen LogP contribution in [0.2, 0.25) is 0 Å². The number of nitrogens with zero attached hydrogens (tertiary/aromatic N) is 1. The fraction of sp³-hybridized carbons (Fsp3) is 0.700. The van der Waals surface area contributed by atoms with E-state index in [-0.39, 0.29) is 0 Å². The number of benzene rings is 1. The molecule has 0 amide bonds. The molecule has 0 radical (unpaired) electrons. The van der Waals surface area contributed by atoms with Gasteiger partial charge in [-0.25, -0.2) is 0 Å². The molecule has 21 heavy (non-hydrogen) atoms. The van der Waals surface area contributed by atoms with Gasteiger partial charge in [0.05, 0.1) is 27.7 Å². The zero-order valence-corrected chi connectivity index (χ0v) is 14.6. The maximum Gasteiger partial charge on any atom is 0.0780 e. The van der Waals surface area contributed by atoms with Gasteiger partial charge in [0.25, 0.3) is 0 Å². The molecule has 0 unspecified atom stereocenters. The van der Waals surface area contributed by atoms with Crippen LogP contribution in [0.1, 0.15) is 63.4 Å². The van der Waals surface area contributed by atoms with Crippen molar-refractivity contribution >= 4 is 0 Å². The SMILES string of the molecule is C[N+](C)(C)CCCCCCCCCCCc1ccccc1. The summed E-state index contributed by atoms with van der Waals surface area (Å²) >= 11 is 0. The number of hydrogen-bond acceptors (Lipinski definition) is 0. The van der Waals surface area contributed by atoms with Crippen molar-refractivity contribution in [2.45, 2.75) is 64.2 Å². The summed E-state index contributed by atoms with van der Waals surface area (Å²) in [7, 11) is 6.86. The lowest BCUT2D eigenvalue weighted by atomic mass is 10.0. The third kappa shape index (κ3) is 11.5. The number of aryl methyl sites for hydroxylation is 1. The smallest absolute Gasteiger partial charge is 0.0780 e. The Morgan fingerprint density at radius 2 is 1.10 bits per heavy atom. The van der Waals surface area contributed by atoms with Crippen molar-refractivity contribution in [2.75, 3.05) is 27.7 Å². The molecule has 0 aliphatic heterocycles. The minimum absolute atomic E-state index is 1.11. The van der Waals surface area contributed by atoms with Gasteiger partial charge in [0.2, 0.25) is 0 Å². The molecule has 1 aromatic rings. The van der Waals surface area contributed by atoms with Crippen LogP contribution in [0.4, 0.5) is 0 Å². The summed E-state index contributed by atoms with van der Waals surface area (Å²) < 4.78 is 1.11. The summed E-state index contributed by atoms with van der Waals surface area (Å²) in [6, 6.07) is 10.9. The van der Waals surface area contributed by atoms with Crippen molar-refractivity contribution in [3.63, 3.8) is 0 Å². The quantitative estimate of drug-likeness (QED) is 0.355. The molecular weight excluding hydrogens is 254 g/mol. The average Bonchev–Trinajstić information content (AvgIpc) is 2.44. The second kappa shape index (κ2) is 10.8. The molecule has 0 N–H and O–H groups in total. The lowest BCUT2D eigenvalue weighted by molar-refractivity contribution is -0.870. The highest BCUT2D eigenvalue weighted by Crippen LogP contribution is 2.12. The van der Waals surface area contributed by atoms with E-state index >= 15 is 0 Å². The molecule has 0 bridgehead atoms. The van der Waals surface area contributed by atoms with Crippen LogP contribution in [0.3, 0.4) is 0 Å². The molecule has 0 atom stereocenters. The molecule has 1 rings (SSSR count). The van der Waals surface area contributed by atoms with E-state index < -0.39 is 0 Å². The van der Waals surface area contributed by atoms with Gasteiger partial charge in [0.15, 0.2) is 0 Å². The van der Waals surface area contributed by atoms with Crippen molar-refractivity contribution < 1.29 is 4.48 Å². The summed E-state index contributed by atoms with van der Waals surface area (Å²) in [5, 5.41) is 0. The van der Waals surface area contributed by atoms with Crippen molar-refractivity contribution in [3.8, 4) is 0 Å². The first-order valence-corrected chi connectivity index (χ1v) is 8.92. The number of unbranched alkanes of at least 4 members (excludes halogenated alkanes) is 8. The average molecular weight is 291 g/mol. The Hall–Kier alpha value is -0.820. The van der Waals surface area contributed by atoms with E-state index in [4.69, 9.17) is 0 Å². The molecule has 0 fully saturated rings. The second-order valence-corrected chi connectivity index (χ2v) is 7.43. The zero-order valence-electron chi connectivity index (χ0n) is 14.6. The third-order valence-electron chi connectivity index (χ3n) is 4.14. The van der Waals surface area contributed by atoms with Gasteiger partial charge in [0, 0.05) is 0 Å². The van der Waals surface area contributed by atoms with Gasteiger partial charge in [-0.05, 0) is 31.2 Å². The molecule has 0 spiro atoms. The van der Waals surface area contributed by atoms with Crippen molar-refractivity contribution in [1.82, 2.24) is 0 Å². The maximum atomic E-state index is 2.29. The van der Waals surface area contributed by atoms with Crippen LogP contribution in [0.5, 0.6) is 0 Å². The topological polar surface area (TPSA) is 0 Å². The Morgan fingerprint density at radius 1 is 0.619 bits per heavy atom. The second-order valence-electron chi connectivity index (χ2n) is 7.43. The third-order valence-corrected chi connectivity index (χ3v) is 4.14. The van der Waals surface area contributed by atoms with Crippen LogP contribution >= 0.6 is 0 Å². The highest BCUT2D eigenvalue weighted by Gasteiger charge is 2.04. The van der Waals surface area contributed by atoms with E-state index in [9.17, 15) is 0 Å². The maximum absolute atomic E-state index is 2.29. The Morgan fingerprint density at radius 3 is 1.62 bits per heavy atom. The number of rotatable bonds is 12. The molecule has 0 saturated heterocycles. The predicted octanol–water partition coefficient (Wildman–Crippen LogP) is 5.45. The highest BCUT2D eigenvalue weighted by molar-refractivity contribution is 5.14. The van der Waals surface area contributed by atoms with Crippen LogP contribution in [-0.4, -0.2) is 32.2 Å². The van der Waals surface area contributed by atoms with Gasteiger partial charge in [0.1, 0.15) is 0 Å². The van der Waals surface area contributed by atoms with Crippen LogP contribution in [0, 0.1) is 0 Å². The van der Waals surface area contributed by atoms with Crippen LogP contribution in [-0.2, 0) is 6.42 Å². The van der Waals surface area contributed by atoms with Crippen LogP contribution in [0.15, 0.2) is 30.3 Å². The molecule has 0 aliphatic rings. The minimum atomic E-state index is 1.11. The normalized spacial score (nSPS) is 11.8. The molecule has 0 aliphatic carbocycles. The Labute approximate surface area is 133 Å². The minimum Gasteiger partial charge on any atom is -0.331 e. The summed E-state index contributed by atoms with van der Waals surface area (Å²) in [5.41, 5.74) is 1.50. The molecule has 0 heterocycles. The Bertz CT molecular complexity index is 337. The largest absolute Gasteiger partial charge is 0.331 e. The fourth-order valence-corrected chi connectivity index (χ4v) is 2.80. The predicted molar refractivity (Wildman–Crippen MR) is 94.6 cm³/mol. The van der Waals surface area contributed by atoms with Gasteiger partial charge in [-0.2, -0.15) is 0 Å². The van der Waals surface area contributed by atoms with E-state index in [0.29, 0.717) is 0 Å². The molecule has 120 valence electrons. The van der Waals surface area contributed by atoms with Crippen molar-refractivity contribution in [1.29, 1.82) is 0 Å². The lowest BCUT2D eigenvalue weighted by Crippen LogP contribution is -2.35.